The van der Waals surface area contributed by atoms with Crippen molar-refractivity contribution in [2.45, 2.75) is 15.8 Å². The number of amides is 1. The van der Waals surface area contributed by atoms with Crippen LogP contribution in [0.4, 0.5) is 14.5 Å². The van der Waals surface area contributed by atoms with Gasteiger partial charge in [-0.05, 0) is 36.4 Å². The van der Waals surface area contributed by atoms with E-state index in [0.29, 0.717) is 6.07 Å². The average molecular weight is 522 g/mol. The van der Waals surface area contributed by atoms with E-state index in [0.717, 1.165) is 20.7 Å². The van der Waals surface area contributed by atoms with Crippen LogP contribution in [0.5, 0.6) is 0 Å². The molecule has 3 aromatic rings. The summed E-state index contributed by atoms with van der Waals surface area (Å²) in [7, 11) is -8.24. The maximum atomic E-state index is 14.2. The van der Waals surface area contributed by atoms with Crippen LogP contribution in [0.2, 0.25) is 0 Å². The van der Waals surface area contributed by atoms with Gasteiger partial charge >= 0.3 is 0 Å². The molecular weight excluding hydrogens is 500 g/mol. The molecule has 4 rings (SSSR count). The van der Waals surface area contributed by atoms with E-state index in [2.05, 4.69) is 5.32 Å². The van der Waals surface area contributed by atoms with Crippen LogP contribution in [0.1, 0.15) is 0 Å². The average Bonchev–Trinajstić information content (AvgIpc) is 2.86. The monoisotopic (exact) mass is 521 g/mol. The Morgan fingerprint density at radius 1 is 0.800 bits per heavy atom. The van der Waals surface area contributed by atoms with Crippen molar-refractivity contribution in [3.8, 4) is 0 Å². The normalized spacial score (nSPS) is 17.7. The molecule has 1 aliphatic rings. The number of nitrogens with zero attached hydrogens (tertiary/aromatic N) is 2. The van der Waals surface area contributed by atoms with E-state index < -0.39 is 50.2 Å². The Balaban J connectivity index is 1.70. The molecule has 0 unspecified atom stereocenters. The Labute approximate surface area is 201 Å². The molecule has 35 heavy (non-hydrogen) atoms. The Bertz CT molecular complexity index is 1440. The SMILES string of the molecule is O=C(Nc1ccc(F)cc1F)[C@H]1CN(S(=O)(=O)c2ccccc2)CCN1S(=O)(=O)c1ccccc1. The number of piperazine rings is 1. The number of hydrogen-bond donors (Lipinski definition) is 1. The second-order valence-corrected chi connectivity index (χ2v) is 11.6. The number of hydrogen-bond acceptors (Lipinski definition) is 5. The molecule has 12 heteroatoms. The van der Waals surface area contributed by atoms with Gasteiger partial charge in [0.1, 0.15) is 17.7 Å². The number of carbonyl (C=O) groups is 1. The van der Waals surface area contributed by atoms with Crippen LogP contribution in [0.15, 0.2) is 88.7 Å². The van der Waals surface area contributed by atoms with Gasteiger partial charge in [0.15, 0.2) is 0 Å². The quantitative estimate of drug-likeness (QED) is 0.537. The van der Waals surface area contributed by atoms with E-state index >= 15 is 0 Å². The van der Waals surface area contributed by atoms with Gasteiger partial charge in [0.2, 0.25) is 26.0 Å². The van der Waals surface area contributed by atoms with Crippen LogP contribution < -0.4 is 5.32 Å². The largest absolute Gasteiger partial charge is 0.322 e. The smallest absolute Gasteiger partial charge is 0.244 e. The van der Waals surface area contributed by atoms with Crippen LogP contribution in [0.3, 0.4) is 0 Å². The second kappa shape index (κ2) is 9.82. The third-order valence-electron chi connectivity index (χ3n) is 5.52. The molecule has 0 radical (unpaired) electrons. The van der Waals surface area contributed by atoms with E-state index in [9.17, 15) is 30.4 Å². The lowest BCUT2D eigenvalue weighted by Crippen LogP contribution is -2.60. The van der Waals surface area contributed by atoms with Gasteiger partial charge in [-0.2, -0.15) is 8.61 Å². The van der Waals surface area contributed by atoms with Crippen molar-refractivity contribution in [2.75, 3.05) is 25.0 Å². The summed E-state index contributed by atoms with van der Waals surface area (Å²) >= 11 is 0. The minimum atomic E-state index is -4.20. The molecule has 1 atom stereocenters. The van der Waals surface area contributed by atoms with E-state index in [1.807, 2.05) is 0 Å². The Morgan fingerprint density at radius 2 is 1.37 bits per heavy atom. The minimum absolute atomic E-state index is 0.0110. The van der Waals surface area contributed by atoms with E-state index in [4.69, 9.17) is 0 Å². The summed E-state index contributed by atoms with van der Waals surface area (Å²) in [6.45, 7) is -1.01. The Morgan fingerprint density at radius 3 is 1.94 bits per heavy atom. The molecule has 1 fully saturated rings. The number of sulfonamides is 2. The van der Waals surface area contributed by atoms with Gasteiger partial charge in [0, 0.05) is 25.7 Å². The molecule has 184 valence electrons. The first kappa shape index (κ1) is 24.9. The number of benzene rings is 3. The zero-order chi connectivity index (χ0) is 25.2. The van der Waals surface area contributed by atoms with Gasteiger partial charge in [-0.3, -0.25) is 4.79 Å². The molecule has 0 spiro atoms. The lowest BCUT2D eigenvalue weighted by atomic mass is 10.2. The molecule has 1 heterocycles. The van der Waals surface area contributed by atoms with Crippen molar-refractivity contribution in [3.63, 3.8) is 0 Å². The summed E-state index contributed by atoms with van der Waals surface area (Å²) in [5.41, 5.74) is -0.364. The van der Waals surface area contributed by atoms with Crippen LogP contribution >= 0.6 is 0 Å². The molecule has 1 N–H and O–H groups in total. The van der Waals surface area contributed by atoms with Crippen LogP contribution in [0, 0.1) is 11.6 Å². The number of carbonyl (C=O) groups excluding carboxylic acids is 1. The molecule has 8 nitrogen and oxygen atoms in total. The number of halogens is 2. The third-order valence-corrected chi connectivity index (χ3v) is 9.32. The van der Waals surface area contributed by atoms with E-state index in [-0.39, 0.29) is 28.6 Å². The van der Waals surface area contributed by atoms with Crippen molar-refractivity contribution >= 4 is 31.6 Å². The summed E-state index contributed by atoms with van der Waals surface area (Å²) in [5.74, 6) is -2.87. The lowest BCUT2D eigenvalue weighted by Gasteiger charge is -2.38. The van der Waals surface area contributed by atoms with Crippen LogP contribution in [0.25, 0.3) is 0 Å². The predicted octanol–water partition coefficient (Wildman–Crippen LogP) is 2.67. The fourth-order valence-electron chi connectivity index (χ4n) is 3.74. The first-order valence-corrected chi connectivity index (χ1v) is 13.4. The highest BCUT2D eigenvalue weighted by molar-refractivity contribution is 7.89. The molecular formula is C23H21F2N3O5S2. The van der Waals surface area contributed by atoms with Crippen molar-refractivity contribution < 1.29 is 30.4 Å². The van der Waals surface area contributed by atoms with Crippen LogP contribution in [-0.2, 0) is 24.8 Å². The molecule has 0 aliphatic carbocycles. The second-order valence-electron chi connectivity index (χ2n) is 7.73. The highest BCUT2D eigenvalue weighted by Crippen LogP contribution is 2.26. The molecule has 0 saturated carbocycles. The first-order chi connectivity index (χ1) is 16.6. The van der Waals surface area contributed by atoms with Crippen molar-refractivity contribution in [2.24, 2.45) is 0 Å². The summed E-state index contributed by atoms with van der Waals surface area (Å²) in [6.07, 6.45) is 0. The maximum absolute atomic E-state index is 14.2. The van der Waals surface area contributed by atoms with Crippen molar-refractivity contribution in [1.82, 2.24) is 8.61 Å². The summed E-state index contributed by atoms with van der Waals surface area (Å²) in [5, 5.41) is 2.26. The highest BCUT2D eigenvalue weighted by atomic mass is 32.2. The van der Waals surface area contributed by atoms with Gasteiger partial charge in [-0.25, -0.2) is 25.6 Å². The minimum Gasteiger partial charge on any atom is -0.322 e. The maximum Gasteiger partial charge on any atom is 0.244 e. The van der Waals surface area contributed by atoms with E-state index in [1.54, 1.807) is 24.3 Å². The highest BCUT2D eigenvalue weighted by Gasteiger charge is 2.43. The number of nitrogens with one attached hydrogen (secondary N) is 1. The van der Waals surface area contributed by atoms with Crippen molar-refractivity contribution in [1.29, 1.82) is 0 Å². The van der Waals surface area contributed by atoms with Gasteiger partial charge in [-0.1, -0.05) is 36.4 Å². The summed E-state index contributed by atoms with van der Waals surface area (Å²) in [6, 6.07) is 15.9. The fraction of sp³-hybridized carbons (Fsp3) is 0.174. The van der Waals surface area contributed by atoms with Gasteiger partial charge in [-0.15, -0.1) is 0 Å². The molecule has 1 saturated heterocycles. The predicted molar refractivity (Wildman–Crippen MR) is 124 cm³/mol. The fourth-order valence-corrected chi connectivity index (χ4v) is 6.79. The lowest BCUT2D eigenvalue weighted by molar-refractivity contribution is -0.120. The summed E-state index contributed by atoms with van der Waals surface area (Å²) in [4.78, 5) is 13.1. The Hall–Kier alpha value is -3.19. The van der Waals surface area contributed by atoms with E-state index in [1.165, 1.54) is 36.4 Å². The number of anilines is 1. The van der Waals surface area contributed by atoms with Crippen molar-refractivity contribution in [3.05, 3.63) is 90.5 Å². The molecule has 3 aromatic carbocycles. The third kappa shape index (κ3) is 5.10. The first-order valence-electron chi connectivity index (χ1n) is 10.5. The standard InChI is InChI=1S/C23H21F2N3O5S2/c24-17-11-12-21(20(25)15-17)26-23(29)22-16-27(34(30,31)18-7-3-1-4-8-18)13-14-28(22)35(32,33)19-9-5-2-6-10-19/h1-12,15,22H,13-14,16H2,(H,26,29)/t22-/m1/s1. The van der Waals surface area contributed by atoms with Gasteiger partial charge in [0.05, 0.1) is 15.5 Å². The van der Waals surface area contributed by atoms with Crippen LogP contribution in [-0.4, -0.2) is 57.0 Å². The molecule has 1 aliphatic heterocycles. The molecule has 0 bridgehead atoms. The topological polar surface area (TPSA) is 104 Å². The zero-order valence-electron chi connectivity index (χ0n) is 18.2. The Kier molecular flexibility index (Phi) is 6.99. The summed E-state index contributed by atoms with van der Waals surface area (Å²) < 4.78 is 82.4. The van der Waals surface area contributed by atoms with Gasteiger partial charge < -0.3 is 5.32 Å². The molecule has 0 aromatic heterocycles. The van der Waals surface area contributed by atoms with Gasteiger partial charge in [0.25, 0.3) is 0 Å². The molecule has 1 amide bonds. The zero-order valence-corrected chi connectivity index (χ0v) is 19.8. The number of rotatable bonds is 6.